The number of aromatic nitrogens is 1. The van der Waals surface area contributed by atoms with Crippen LogP contribution in [0, 0.1) is 11.2 Å². The van der Waals surface area contributed by atoms with Crippen molar-refractivity contribution in [3.8, 4) is 0 Å². The Kier molecular flexibility index (Phi) is 6.94. The molecule has 0 amide bonds. The molecular weight excluding hydrogens is 460 g/mol. The van der Waals surface area contributed by atoms with E-state index in [0.29, 0.717) is 18.4 Å². The van der Waals surface area contributed by atoms with Crippen molar-refractivity contribution in [1.82, 2.24) is 15.6 Å². The molecule has 27 heavy (non-hydrogen) atoms. The molecule has 2 N–H and O–H groups in total. The molecule has 1 saturated heterocycles. The molecule has 0 aromatic carbocycles. The lowest BCUT2D eigenvalue weighted by Crippen LogP contribution is -2.69. The van der Waals surface area contributed by atoms with Crippen molar-refractivity contribution >= 4 is 35.8 Å². The molecule has 0 spiro atoms. The highest BCUT2D eigenvalue weighted by Crippen LogP contribution is 2.51. The topological polar surface area (TPSA) is 61.8 Å². The first-order valence-electron chi connectivity index (χ1n) is 9.21. The number of aliphatic imine (C=N–C) groups is 1. The van der Waals surface area contributed by atoms with Crippen LogP contribution in [0.2, 0.25) is 0 Å². The van der Waals surface area contributed by atoms with Gasteiger partial charge < -0.3 is 20.3 Å². The van der Waals surface area contributed by atoms with Crippen LogP contribution in [0.4, 0.5) is 10.2 Å². The molecule has 2 heterocycles. The smallest absolute Gasteiger partial charge is 0.191 e. The van der Waals surface area contributed by atoms with E-state index in [1.165, 1.54) is 6.07 Å². The van der Waals surface area contributed by atoms with Gasteiger partial charge in [0.25, 0.3) is 0 Å². The van der Waals surface area contributed by atoms with Gasteiger partial charge in [0.1, 0.15) is 0 Å². The number of ether oxygens (including phenoxy) is 1. The predicted molar refractivity (Wildman–Crippen MR) is 117 cm³/mol. The molecule has 3 atom stereocenters. The minimum absolute atomic E-state index is 0. The van der Waals surface area contributed by atoms with Crippen LogP contribution in [0.25, 0.3) is 0 Å². The molecule has 6 nitrogen and oxygen atoms in total. The largest absolute Gasteiger partial charge is 0.378 e. The fourth-order valence-electron chi connectivity index (χ4n) is 3.93. The zero-order chi connectivity index (χ0) is 18.9. The second-order valence-electron chi connectivity index (χ2n) is 8.01. The van der Waals surface area contributed by atoms with Crippen molar-refractivity contribution in [1.29, 1.82) is 0 Å². The number of nitrogens with one attached hydrogen (secondary N) is 2. The standard InChI is InChI=1S/C19H30FN5O.HI/c1-18(2)15(11-19(18,3)26-5)24-17(21-4)23-13-8-10-25(12-13)16-14(20)7-6-9-22-16;/h6-7,9,13,15H,8,10-12H2,1-5H3,(H2,21,23,24);1H. The van der Waals surface area contributed by atoms with Gasteiger partial charge in [0.2, 0.25) is 0 Å². The number of halogens is 2. The third kappa shape index (κ3) is 4.16. The maximum absolute atomic E-state index is 13.9. The van der Waals surface area contributed by atoms with Gasteiger partial charge in [-0.05, 0) is 31.9 Å². The van der Waals surface area contributed by atoms with Gasteiger partial charge in [-0.1, -0.05) is 13.8 Å². The first-order valence-corrected chi connectivity index (χ1v) is 9.21. The van der Waals surface area contributed by atoms with Gasteiger partial charge in [-0.3, -0.25) is 4.99 Å². The first kappa shape index (κ1) is 22.1. The maximum atomic E-state index is 13.9. The number of guanidine groups is 1. The molecule has 3 unspecified atom stereocenters. The predicted octanol–water partition coefficient (Wildman–Crippen LogP) is 2.79. The maximum Gasteiger partial charge on any atom is 0.191 e. The fourth-order valence-corrected chi connectivity index (χ4v) is 3.93. The second-order valence-corrected chi connectivity index (χ2v) is 8.01. The number of nitrogens with zero attached hydrogens (tertiary/aromatic N) is 3. The highest BCUT2D eigenvalue weighted by molar-refractivity contribution is 14.0. The summed E-state index contributed by atoms with van der Waals surface area (Å²) >= 11 is 0. The van der Waals surface area contributed by atoms with Gasteiger partial charge in [0.15, 0.2) is 17.6 Å². The lowest BCUT2D eigenvalue weighted by atomic mass is 9.56. The lowest BCUT2D eigenvalue weighted by Gasteiger charge is -2.59. The molecule has 2 fully saturated rings. The molecule has 1 saturated carbocycles. The third-order valence-corrected chi connectivity index (χ3v) is 6.38. The molecule has 152 valence electrons. The van der Waals surface area contributed by atoms with E-state index < -0.39 is 0 Å². The SMILES string of the molecule is CN=C(NC1CCN(c2ncccc2F)C1)NC1CC(C)(OC)C1(C)C.I. The summed E-state index contributed by atoms with van der Waals surface area (Å²) in [7, 11) is 3.55. The molecule has 8 heteroatoms. The summed E-state index contributed by atoms with van der Waals surface area (Å²) in [5, 5.41) is 7.00. The van der Waals surface area contributed by atoms with Crippen LogP contribution in [0.1, 0.15) is 33.6 Å². The summed E-state index contributed by atoms with van der Waals surface area (Å²) in [6, 6.07) is 3.57. The summed E-state index contributed by atoms with van der Waals surface area (Å²) in [6.07, 6.45) is 3.48. The Bertz CT molecular complexity index is 686. The van der Waals surface area contributed by atoms with E-state index >= 15 is 0 Å². The number of hydrogen-bond donors (Lipinski definition) is 2. The Labute approximate surface area is 178 Å². The van der Waals surface area contributed by atoms with E-state index in [-0.39, 0.29) is 46.9 Å². The highest BCUT2D eigenvalue weighted by Gasteiger charge is 2.58. The summed E-state index contributed by atoms with van der Waals surface area (Å²) in [6.45, 7) is 8.06. The van der Waals surface area contributed by atoms with Gasteiger partial charge >= 0.3 is 0 Å². The number of anilines is 1. The van der Waals surface area contributed by atoms with E-state index in [1.807, 2.05) is 4.90 Å². The van der Waals surface area contributed by atoms with Crippen molar-refractivity contribution in [2.75, 3.05) is 32.1 Å². The van der Waals surface area contributed by atoms with Crippen LogP contribution in [0.15, 0.2) is 23.3 Å². The second kappa shape index (κ2) is 8.46. The Hall–Kier alpha value is -1.16. The minimum Gasteiger partial charge on any atom is -0.378 e. The van der Waals surface area contributed by atoms with Crippen molar-refractivity contribution < 1.29 is 9.13 Å². The quantitative estimate of drug-likeness (QED) is 0.386. The number of rotatable bonds is 4. The van der Waals surface area contributed by atoms with E-state index in [1.54, 1.807) is 26.4 Å². The molecule has 1 aromatic rings. The van der Waals surface area contributed by atoms with Crippen LogP contribution in [-0.4, -0.2) is 55.9 Å². The van der Waals surface area contributed by atoms with Gasteiger partial charge in [-0.15, -0.1) is 24.0 Å². The van der Waals surface area contributed by atoms with Crippen LogP contribution in [0.3, 0.4) is 0 Å². The average Bonchev–Trinajstić information content (AvgIpc) is 3.08. The molecule has 1 aliphatic heterocycles. The highest BCUT2D eigenvalue weighted by atomic mass is 127. The third-order valence-electron chi connectivity index (χ3n) is 6.38. The van der Waals surface area contributed by atoms with E-state index in [4.69, 9.17) is 4.74 Å². The number of methoxy groups -OCH3 is 1. The monoisotopic (exact) mass is 491 g/mol. The molecule has 0 bridgehead atoms. The zero-order valence-corrected chi connectivity index (χ0v) is 19.1. The van der Waals surface area contributed by atoms with Gasteiger partial charge in [-0.2, -0.15) is 0 Å². The van der Waals surface area contributed by atoms with Gasteiger partial charge in [0, 0.05) is 50.9 Å². The number of hydrogen-bond acceptors (Lipinski definition) is 4. The molecule has 2 aliphatic rings. The lowest BCUT2D eigenvalue weighted by molar-refractivity contribution is -0.176. The summed E-state index contributed by atoms with van der Waals surface area (Å²) < 4.78 is 19.6. The molecule has 0 radical (unpaired) electrons. The summed E-state index contributed by atoms with van der Waals surface area (Å²) in [4.78, 5) is 10.5. The average molecular weight is 491 g/mol. The van der Waals surface area contributed by atoms with E-state index in [0.717, 1.165) is 25.3 Å². The Morgan fingerprint density at radius 3 is 2.70 bits per heavy atom. The Morgan fingerprint density at radius 1 is 1.37 bits per heavy atom. The van der Waals surface area contributed by atoms with Crippen LogP contribution < -0.4 is 15.5 Å². The van der Waals surface area contributed by atoms with Crippen molar-refractivity contribution in [3.63, 3.8) is 0 Å². The summed E-state index contributed by atoms with van der Waals surface area (Å²) in [5.74, 6) is 0.941. The van der Waals surface area contributed by atoms with Crippen LogP contribution in [0.5, 0.6) is 0 Å². The van der Waals surface area contributed by atoms with Crippen molar-refractivity contribution in [3.05, 3.63) is 24.1 Å². The first-order chi connectivity index (χ1) is 12.3. The fraction of sp³-hybridized carbons (Fsp3) is 0.684. The van der Waals surface area contributed by atoms with E-state index in [2.05, 4.69) is 41.4 Å². The van der Waals surface area contributed by atoms with E-state index in [9.17, 15) is 4.39 Å². The normalized spacial score (nSPS) is 29.7. The molecule has 1 aliphatic carbocycles. The molecular formula is C19H31FIN5O. The minimum atomic E-state index is -0.272. The van der Waals surface area contributed by atoms with Crippen molar-refractivity contribution in [2.24, 2.45) is 10.4 Å². The van der Waals surface area contributed by atoms with Gasteiger partial charge in [-0.25, -0.2) is 9.37 Å². The number of pyridine rings is 1. The van der Waals surface area contributed by atoms with Gasteiger partial charge in [0.05, 0.1) is 5.60 Å². The Balaban J connectivity index is 0.00000261. The van der Waals surface area contributed by atoms with Crippen molar-refractivity contribution in [2.45, 2.75) is 51.3 Å². The zero-order valence-electron chi connectivity index (χ0n) is 16.8. The molecule has 3 rings (SSSR count). The van der Waals surface area contributed by atoms with Crippen LogP contribution >= 0.6 is 24.0 Å². The Morgan fingerprint density at radius 2 is 2.11 bits per heavy atom. The van der Waals surface area contributed by atoms with Crippen LogP contribution in [-0.2, 0) is 4.74 Å². The molecule has 1 aromatic heterocycles. The summed E-state index contributed by atoms with van der Waals surface area (Å²) in [5.41, 5.74) is -0.109.